The van der Waals surface area contributed by atoms with Gasteiger partial charge in [0.2, 0.25) is 0 Å². The van der Waals surface area contributed by atoms with E-state index in [1.165, 1.54) is 0 Å². The van der Waals surface area contributed by atoms with Crippen molar-refractivity contribution in [3.8, 4) is 5.75 Å². The van der Waals surface area contributed by atoms with Crippen LogP contribution in [0, 0.1) is 0 Å². The topological polar surface area (TPSA) is 38.3 Å². The molecule has 0 unspecified atom stereocenters. The Labute approximate surface area is 110 Å². The van der Waals surface area contributed by atoms with Crippen LogP contribution in [-0.2, 0) is 11.2 Å². The molecule has 0 amide bonds. The molecule has 1 N–H and O–H groups in total. The minimum Gasteiger partial charge on any atom is -0.497 e. The van der Waals surface area contributed by atoms with Gasteiger partial charge in [0.05, 0.1) is 7.11 Å². The average Bonchev–Trinajstić information content (AvgIpc) is 2.34. The first-order chi connectivity index (χ1) is 8.61. The predicted molar refractivity (Wildman–Crippen MR) is 74.1 cm³/mol. The van der Waals surface area contributed by atoms with Crippen LogP contribution in [0.2, 0.25) is 0 Å². The number of nitrogens with one attached hydrogen (secondary N) is 1. The lowest BCUT2D eigenvalue weighted by Gasteiger charge is -2.07. The fourth-order valence-corrected chi connectivity index (χ4v) is 1.77. The average molecular weight is 249 g/mol. The van der Waals surface area contributed by atoms with Gasteiger partial charge in [-0.2, -0.15) is 0 Å². The molecule has 0 radical (unpaired) electrons. The molecular formula is C15H23NO2. The molecule has 0 heterocycles. The van der Waals surface area contributed by atoms with Crippen LogP contribution in [0.25, 0.3) is 0 Å². The summed E-state index contributed by atoms with van der Waals surface area (Å²) < 4.78 is 5.14. The normalized spacial score (nSPS) is 10.7. The van der Waals surface area contributed by atoms with E-state index in [0.717, 1.165) is 24.3 Å². The second-order valence-electron chi connectivity index (χ2n) is 4.78. The number of ether oxygens (including phenoxy) is 1. The van der Waals surface area contributed by atoms with E-state index in [1.54, 1.807) is 7.11 Å². The smallest absolute Gasteiger partial charge is 0.137 e. The number of carbonyl (C=O) groups is 1. The summed E-state index contributed by atoms with van der Waals surface area (Å²) in [6, 6.07) is 8.18. The third kappa shape index (κ3) is 5.82. The van der Waals surface area contributed by atoms with Crippen molar-refractivity contribution in [1.82, 2.24) is 5.32 Å². The lowest BCUT2D eigenvalue weighted by atomic mass is 10.1. The number of hydrogen-bond donors (Lipinski definition) is 1. The molecule has 0 bridgehead atoms. The number of ketones is 1. The number of carbonyl (C=O) groups excluding carboxylic acids is 1. The maximum absolute atomic E-state index is 11.8. The van der Waals surface area contributed by atoms with Crippen molar-refractivity contribution in [3.63, 3.8) is 0 Å². The zero-order valence-electron chi connectivity index (χ0n) is 11.5. The summed E-state index contributed by atoms with van der Waals surface area (Å²) in [5.74, 6) is 1.09. The second-order valence-corrected chi connectivity index (χ2v) is 4.78. The minimum absolute atomic E-state index is 0.286. The molecule has 1 aromatic rings. The molecule has 0 aliphatic rings. The lowest BCUT2D eigenvalue weighted by molar-refractivity contribution is -0.118. The molecule has 0 saturated heterocycles. The Bertz CT molecular complexity index is 375. The van der Waals surface area contributed by atoms with Crippen LogP contribution in [-0.4, -0.2) is 25.5 Å². The lowest BCUT2D eigenvalue weighted by Crippen LogP contribution is -2.24. The molecule has 0 aliphatic carbocycles. The molecule has 1 aromatic carbocycles. The summed E-state index contributed by atoms with van der Waals surface area (Å²) in [5.41, 5.74) is 1.02. The van der Waals surface area contributed by atoms with Crippen LogP contribution < -0.4 is 10.1 Å². The van der Waals surface area contributed by atoms with E-state index in [1.807, 2.05) is 24.3 Å². The molecule has 0 saturated carbocycles. The van der Waals surface area contributed by atoms with Gasteiger partial charge >= 0.3 is 0 Å². The molecule has 0 atom stereocenters. The Hall–Kier alpha value is -1.35. The Morgan fingerprint density at radius 2 is 2.17 bits per heavy atom. The van der Waals surface area contributed by atoms with Crippen LogP contribution in [0.15, 0.2) is 24.3 Å². The summed E-state index contributed by atoms with van der Waals surface area (Å²) in [5, 5.41) is 3.31. The first-order valence-corrected chi connectivity index (χ1v) is 6.50. The molecule has 3 nitrogen and oxygen atoms in total. The largest absolute Gasteiger partial charge is 0.497 e. The Kier molecular flexibility index (Phi) is 6.44. The molecule has 0 aromatic heterocycles. The van der Waals surface area contributed by atoms with Gasteiger partial charge in [0.15, 0.2) is 0 Å². The first kappa shape index (κ1) is 14.7. The van der Waals surface area contributed by atoms with Crippen molar-refractivity contribution >= 4 is 5.78 Å². The van der Waals surface area contributed by atoms with Crippen molar-refractivity contribution in [2.45, 2.75) is 39.2 Å². The number of hydrogen-bond acceptors (Lipinski definition) is 3. The second kappa shape index (κ2) is 7.88. The standard InChI is InChI=1S/C15H23NO2/c1-12(2)16-9-5-7-14(17)10-13-6-4-8-15(11-13)18-3/h4,6,8,11-12,16H,5,7,9-10H2,1-3H3. The quantitative estimate of drug-likeness (QED) is 0.720. The number of methoxy groups -OCH3 is 1. The highest BCUT2D eigenvalue weighted by molar-refractivity contribution is 5.80. The number of rotatable bonds is 8. The third-order valence-corrected chi connectivity index (χ3v) is 2.72. The summed E-state index contributed by atoms with van der Waals surface area (Å²) in [4.78, 5) is 11.8. The Balaban J connectivity index is 2.30. The molecule has 100 valence electrons. The molecule has 0 fully saturated rings. The highest BCUT2D eigenvalue weighted by Crippen LogP contribution is 2.13. The van der Waals surface area contributed by atoms with Gasteiger partial charge in [-0.25, -0.2) is 0 Å². The van der Waals surface area contributed by atoms with E-state index in [-0.39, 0.29) is 5.78 Å². The maximum Gasteiger partial charge on any atom is 0.137 e. The first-order valence-electron chi connectivity index (χ1n) is 6.50. The van der Waals surface area contributed by atoms with Crippen molar-refractivity contribution in [2.24, 2.45) is 0 Å². The predicted octanol–water partition coefficient (Wildman–Crippen LogP) is 2.59. The third-order valence-electron chi connectivity index (χ3n) is 2.72. The zero-order valence-corrected chi connectivity index (χ0v) is 11.5. The van der Waals surface area contributed by atoms with E-state index in [2.05, 4.69) is 19.2 Å². The monoisotopic (exact) mass is 249 g/mol. The Morgan fingerprint density at radius 3 is 2.83 bits per heavy atom. The van der Waals surface area contributed by atoms with Gasteiger partial charge in [-0.15, -0.1) is 0 Å². The van der Waals surface area contributed by atoms with Gasteiger partial charge in [-0.1, -0.05) is 26.0 Å². The summed E-state index contributed by atoms with van der Waals surface area (Å²) in [6.07, 6.45) is 2.04. The molecule has 18 heavy (non-hydrogen) atoms. The van der Waals surface area contributed by atoms with Crippen LogP contribution >= 0.6 is 0 Å². The van der Waals surface area contributed by atoms with Crippen LogP contribution in [0.1, 0.15) is 32.3 Å². The fraction of sp³-hybridized carbons (Fsp3) is 0.533. The van der Waals surface area contributed by atoms with Gasteiger partial charge in [0.1, 0.15) is 11.5 Å². The highest BCUT2D eigenvalue weighted by Gasteiger charge is 2.04. The van der Waals surface area contributed by atoms with Gasteiger partial charge in [-0.05, 0) is 30.7 Å². The van der Waals surface area contributed by atoms with Gasteiger partial charge < -0.3 is 10.1 Å². The number of benzene rings is 1. The fourth-order valence-electron chi connectivity index (χ4n) is 1.77. The molecule has 1 rings (SSSR count). The van der Waals surface area contributed by atoms with Crippen LogP contribution in [0.4, 0.5) is 0 Å². The maximum atomic E-state index is 11.8. The van der Waals surface area contributed by atoms with E-state index < -0.39 is 0 Å². The minimum atomic E-state index is 0.286. The van der Waals surface area contributed by atoms with Crippen molar-refractivity contribution < 1.29 is 9.53 Å². The molecular weight excluding hydrogens is 226 g/mol. The molecule has 0 aliphatic heterocycles. The highest BCUT2D eigenvalue weighted by atomic mass is 16.5. The van der Waals surface area contributed by atoms with E-state index in [9.17, 15) is 4.79 Å². The summed E-state index contributed by atoms with van der Waals surface area (Å²) in [7, 11) is 1.64. The van der Waals surface area contributed by atoms with E-state index in [0.29, 0.717) is 18.9 Å². The van der Waals surface area contributed by atoms with E-state index >= 15 is 0 Å². The summed E-state index contributed by atoms with van der Waals surface area (Å²) >= 11 is 0. The Morgan fingerprint density at radius 1 is 1.39 bits per heavy atom. The summed E-state index contributed by atoms with van der Waals surface area (Å²) in [6.45, 7) is 5.12. The SMILES string of the molecule is COc1cccc(CC(=O)CCCNC(C)C)c1. The van der Waals surface area contributed by atoms with Crippen LogP contribution in [0.3, 0.4) is 0 Å². The van der Waals surface area contributed by atoms with Crippen LogP contribution in [0.5, 0.6) is 5.75 Å². The van der Waals surface area contributed by atoms with Gasteiger partial charge in [0, 0.05) is 18.9 Å². The van der Waals surface area contributed by atoms with E-state index in [4.69, 9.17) is 4.74 Å². The molecule has 3 heteroatoms. The van der Waals surface area contributed by atoms with Gasteiger partial charge in [-0.3, -0.25) is 4.79 Å². The zero-order chi connectivity index (χ0) is 13.4. The number of Topliss-reactive ketones (excluding diaryl/α,β-unsaturated/α-hetero) is 1. The van der Waals surface area contributed by atoms with Crippen molar-refractivity contribution in [1.29, 1.82) is 0 Å². The van der Waals surface area contributed by atoms with Gasteiger partial charge in [0.25, 0.3) is 0 Å². The van der Waals surface area contributed by atoms with Crippen molar-refractivity contribution in [3.05, 3.63) is 29.8 Å². The molecule has 0 spiro atoms. The van der Waals surface area contributed by atoms with Crippen molar-refractivity contribution in [2.75, 3.05) is 13.7 Å².